The molecule has 1 aliphatic heterocycles. The van der Waals surface area contributed by atoms with E-state index in [1.165, 1.54) is 0 Å². The number of carbonyl (C=O) groups excluding carboxylic acids is 3. The fourth-order valence-electron chi connectivity index (χ4n) is 2.31. The molecule has 8 heteroatoms. The van der Waals surface area contributed by atoms with Gasteiger partial charge in [-0.2, -0.15) is 0 Å². The predicted molar refractivity (Wildman–Crippen MR) is 89.0 cm³/mol. The van der Waals surface area contributed by atoms with Crippen LogP contribution in [0.5, 0.6) is 0 Å². The average Bonchev–Trinajstić information content (AvgIpc) is 2.64. The molecule has 1 N–H and O–H groups in total. The normalized spacial score (nSPS) is 14.2. The van der Waals surface area contributed by atoms with Crippen LogP contribution in [0.3, 0.4) is 0 Å². The molecule has 0 aliphatic carbocycles. The number of hydrogen-bond donors (Lipinski definition) is 1. The van der Waals surface area contributed by atoms with Crippen LogP contribution in [0.2, 0.25) is 0 Å². The number of hydrogen-bond acceptors (Lipinski definition) is 4. The maximum absolute atomic E-state index is 12.1. The number of halogens is 1. The number of nitrogens with zero attached hydrogens (tertiary/aromatic N) is 2. The Morgan fingerprint density at radius 3 is 2.29 bits per heavy atom. The monoisotopic (exact) mass is 353 g/mol. The van der Waals surface area contributed by atoms with Crippen molar-refractivity contribution in [2.24, 2.45) is 0 Å². The Hall–Kier alpha value is -2.28. The Morgan fingerprint density at radius 1 is 1.04 bits per heavy atom. The molecule has 0 bridgehead atoms. The Bertz CT molecular complexity index is 574. The smallest absolute Gasteiger partial charge is 0.409 e. The second-order valence-corrected chi connectivity index (χ2v) is 5.60. The van der Waals surface area contributed by atoms with E-state index in [9.17, 15) is 14.4 Å². The maximum Gasteiger partial charge on any atom is 0.409 e. The minimum absolute atomic E-state index is 0.0651. The van der Waals surface area contributed by atoms with Gasteiger partial charge in [0.25, 0.3) is 5.91 Å². The number of alkyl halides is 1. The number of rotatable bonds is 5. The molecule has 1 fully saturated rings. The van der Waals surface area contributed by atoms with Gasteiger partial charge in [-0.25, -0.2) is 4.79 Å². The minimum Gasteiger partial charge on any atom is -0.448 e. The number of amides is 3. The van der Waals surface area contributed by atoms with Crippen LogP contribution in [0.15, 0.2) is 30.3 Å². The van der Waals surface area contributed by atoms with Crippen LogP contribution >= 0.6 is 11.6 Å². The van der Waals surface area contributed by atoms with Crippen LogP contribution in [0, 0.1) is 0 Å². The molecule has 1 heterocycles. The summed E-state index contributed by atoms with van der Waals surface area (Å²) >= 11 is 5.47. The lowest BCUT2D eigenvalue weighted by molar-refractivity contribution is -0.131. The number of carbonyl (C=O) groups is 3. The van der Waals surface area contributed by atoms with E-state index in [1.54, 1.807) is 34.1 Å². The Labute approximate surface area is 145 Å². The summed E-state index contributed by atoms with van der Waals surface area (Å²) in [5.41, 5.74) is 0.511. The molecule has 0 unspecified atom stereocenters. The zero-order valence-corrected chi connectivity index (χ0v) is 14.0. The lowest BCUT2D eigenvalue weighted by atomic mass is 10.2. The van der Waals surface area contributed by atoms with Crippen molar-refractivity contribution < 1.29 is 19.1 Å². The van der Waals surface area contributed by atoms with Gasteiger partial charge in [0.15, 0.2) is 0 Å². The van der Waals surface area contributed by atoms with Crippen molar-refractivity contribution in [2.75, 3.05) is 45.2 Å². The molecule has 130 valence electrons. The largest absolute Gasteiger partial charge is 0.448 e. The second kappa shape index (κ2) is 9.12. The average molecular weight is 354 g/mol. The van der Waals surface area contributed by atoms with Crippen molar-refractivity contribution in [3.63, 3.8) is 0 Å². The van der Waals surface area contributed by atoms with E-state index in [0.717, 1.165) is 0 Å². The number of piperazine rings is 1. The lowest BCUT2D eigenvalue weighted by Gasteiger charge is -2.34. The van der Waals surface area contributed by atoms with Gasteiger partial charge < -0.3 is 19.9 Å². The maximum atomic E-state index is 12.1. The first kappa shape index (κ1) is 18.1. The van der Waals surface area contributed by atoms with Crippen LogP contribution in [0.25, 0.3) is 0 Å². The van der Waals surface area contributed by atoms with E-state index in [0.29, 0.717) is 31.7 Å². The van der Waals surface area contributed by atoms with Gasteiger partial charge >= 0.3 is 6.09 Å². The van der Waals surface area contributed by atoms with Gasteiger partial charge in [-0.1, -0.05) is 18.2 Å². The van der Waals surface area contributed by atoms with E-state index >= 15 is 0 Å². The molecule has 7 nitrogen and oxygen atoms in total. The SMILES string of the molecule is O=C(NCC(=O)N1CCN(C(=O)OCCCl)CC1)c1ccccc1. The molecular formula is C16H20ClN3O4. The highest BCUT2D eigenvalue weighted by Gasteiger charge is 2.25. The van der Waals surface area contributed by atoms with Crippen molar-refractivity contribution in [2.45, 2.75) is 0 Å². The zero-order chi connectivity index (χ0) is 17.4. The molecule has 1 aromatic rings. The van der Waals surface area contributed by atoms with E-state index in [4.69, 9.17) is 16.3 Å². The van der Waals surface area contributed by atoms with E-state index < -0.39 is 6.09 Å². The quantitative estimate of drug-likeness (QED) is 0.799. The third-order valence-corrected chi connectivity index (χ3v) is 3.78. The predicted octanol–water partition coefficient (Wildman–Crippen LogP) is 0.936. The number of benzene rings is 1. The molecule has 1 saturated heterocycles. The standard InChI is InChI=1S/C16H20ClN3O4/c17-6-11-24-16(23)20-9-7-19(8-10-20)14(21)12-18-15(22)13-4-2-1-3-5-13/h1-5H,6-12H2,(H,18,22). The topological polar surface area (TPSA) is 79.0 Å². The first-order valence-electron chi connectivity index (χ1n) is 7.70. The summed E-state index contributed by atoms with van der Waals surface area (Å²) in [4.78, 5) is 38.9. The highest BCUT2D eigenvalue weighted by Crippen LogP contribution is 2.04. The number of ether oxygens (including phenoxy) is 1. The van der Waals surface area contributed by atoms with Crippen molar-refractivity contribution in [3.8, 4) is 0 Å². The molecule has 0 spiro atoms. The van der Waals surface area contributed by atoms with Crippen LogP contribution in [0.1, 0.15) is 10.4 Å². The van der Waals surface area contributed by atoms with Gasteiger partial charge in [-0.05, 0) is 12.1 Å². The zero-order valence-electron chi connectivity index (χ0n) is 13.2. The van der Waals surface area contributed by atoms with Crippen molar-refractivity contribution >= 4 is 29.5 Å². The summed E-state index contributed by atoms with van der Waals surface area (Å²) in [5.74, 6) is -0.203. The van der Waals surface area contributed by atoms with Crippen LogP contribution in [-0.2, 0) is 9.53 Å². The molecule has 24 heavy (non-hydrogen) atoms. The number of nitrogens with one attached hydrogen (secondary N) is 1. The van der Waals surface area contributed by atoms with E-state index in [1.807, 2.05) is 6.07 Å². The van der Waals surface area contributed by atoms with Gasteiger partial charge in [0.2, 0.25) is 5.91 Å². The Morgan fingerprint density at radius 2 is 1.67 bits per heavy atom. The van der Waals surface area contributed by atoms with Crippen LogP contribution in [-0.4, -0.2) is 72.9 Å². The van der Waals surface area contributed by atoms with Gasteiger partial charge in [0.05, 0.1) is 12.4 Å². The summed E-state index contributed by atoms with van der Waals surface area (Å²) in [6.07, 6.45) is -0.417. The van der Waals surface area contributed by atoms with Gasteiger partial charge in [-0.15, -0.1) is 11.6 Å². The van der Waals surface area contributed by atoms with Gasteiger partial charge in [0.1, 0.15) is 6.61 Å². The fourth-order valence-corrected chi connectivity index (χ4v) is 2.39. The Balaban J connectivity index is 1.73. The summed E-state index contributed by atoms with van der Waals surface area (Å²) < 4.78 is 4.95. The molecule has 2 rings (SSSR count). The van der Waals surface area contributed by atoms with E-state index in [2.05, 4.69) is 5.32 Å². The molecule has 1 aromatic carbocycles. The van der Waals surface area contributed by atoms with Crippen LogP contribution in [0.4, 0.5) is 4.79 Å². The summed E-state index contributed by atoms with van der Waals surface area (Å²) in [6.45, 7) is 1.74. The molecule has 0 atom stereocenters. The third kappa shape index (κ3) is 5.13. The highest BCUT2D eigenvalue weighted by atomic mass is 35.5. The van der Waals surface area contributed by atoms with Gasteiger partial charge in [-0.3, -0.25) is 9.59 Å². The third-order valence-electron chi connectivity index (χ3n) is 3.63. The second-order valence-electron chi connectivity index (χ2n) is 5.22. The first-order chi connectivity index (χ1) is 11.6. The van der Waals surface area contributed by atoms with Crippen molar-refractivity contribution in [3.05, 3.63) is 35.9 Å². The van der Waals surface area contributed by atoms with Crippen molar-refractivity contribution in [1.82, 2.24) is 15.1 Å². The molecule has 0 saturated carbocycles. The molecular weight excluding hydrogens is 334 g/mol. The fraction of sp³-hybridized carbons (Fsp3) is 0.438. The minimum atomic E-state index is -0.417. The lowest BCUT2D eigenvalue weighted by Crippen LogP contribution is -2.52. The molecule has 1 aliphatic rings. The first-order valence-corrected chi connectivity index (χ1v) is 8.24. The summed E-state index contributed by atoms with van der Waals surface area (Å²) in [5, 5.41) is 2.61. The highest BCUT2D eigenvalue weighted by molar-refractivity contribution is 6.18. The summed E-state index contributed by atoms with van der Waals surface area (Å²) in [7, 11) is 0. The molecule has 0 radical (unpaired) electrons. The van der Waals surface area contributed by atoms with Crippen LogP contribution < -0.4 is 5.32 Å². The Kier molecular flexibility index (Phi) is 6.87. The molecule has 0 aromatic heterocycles. The summed E-state index contributed by atoms with van der Waals surface area (Å²) in [6, 6.07) is 8.72. The molecule has 3 amide bonds. The van der Waals surface area contributed by atoms with Crippen molar-refractivity contribution in [1.29, 1.82) is 0 Å². The van der Waals surface area contributed by atoms with E-state index in [-0.39, 0.29) is 30.8 Å². The van der Waals surface area contributed by atoms with Gasteiger partial charge in [0, 0.05) is 31.7 Å².